The molecule has 0 aliphatic heterocycles. The average molecular weight is 405 g/mol. The monoisotopic (exact) mass is 404 g/mol. The van der Waals surface area contributed by atoms with Crippen LogP contribution in [0.25, 0.3) is 0 Å². The fraction of sp³-hybridized carbons (Fsp3) is 0.583. The highest BCUT2D eigenvalue weighted by Gasteiger charge is 2.59. The zero-order chi connectivity index (χ0) is 21.1. The van der Waals surface area contributed by atoms with Crippen LogP contribution in [0.2, 0.25) is 21.7 Å². The van der Waals surface area contributed by atoms with E-state index >= 15 is 4.39 Å². The number of halogens is 1. The normalized spacial score (nSPS) is 20.8. The van der Waals surface area contributed by atoms with E-state index in [9.17, 15) is 0 Å². The van der Waals surface area contributed by atoms with Crippen molar-refractivity contribution < 1.29 is 13.9 Å². The highest BCUT2D eigenvalue weighted by atomic mass is 28.3. The molecule has 4 heteroatoms. The second-order valence-electron chi connectivity index (χ2n) is 9.16. The van der Waals surface area contributed by atoms with Gasteiger partial charge in [0.15, 0.2) is 5.76 Å². The van der Waals surface area contributed by atoms with Crippen molar-refractivity contribution in [1.29, 1.82) is 0 Å². The first kappa shape index (κ1) is 22.7. The van der Waals surface area contributed by atoms with Crippen molar-refractivity contribution in [1.82, 2.24) is 0 Å². The Morgan fingerprint density at radius 2 is 1.54 bits per heavy atom. The van der Waals surface area contributed by atoms with Gasteiger partial charge in [-0.3, -0.25) is 0 Å². The summed E-state index contributed by atoms with van der Waals surface area (Å²) in [5, 5.41) is -0.506. The van der Waals surface area contributed by atoms with Crippen molar-refractivity contribution in [2.24, 2.45) is 0 Å². The number of rotatable bonds is 8. The van der Waals surface area contributed by atoms with Crippen LogP contribution in [0, 0.1) is 0 Å². The number of methoxy groups -OCH3 is 1. The lowest BCUT2D eigenvalue weighted by atomic mass is 9.97. The Kier molecular flexibility index (Phi) is 7.19. The fourth-order valence-corrected chi connectivity index (χ4v) is 14.9. The highest BCUT2D eigenvalue weighted by Crippen LogP contribution is 2.64. The van der Waals surface area contributed by atoms with Gasteiger partial charge in [0.05, 0.1) is 15.2 Å². The summed E-state index contributed by atoms with van der Waals surface area (Å²) >= 11 is 0. The molecule has 1 atom stereocenters. The van der Waals surface area contributed by atoms with Crippen molar-refractivity contribution in [3.8, 4) is 0 Å². The van der Waals surface area contributed by atoms with Crippen LogP contribution in [0.3, 0.4) is 0 Å². The molecule has 0 fully saturated rings. The molecule has 2 rings (SSSR count). The number of benzene rings is 1. The molecule has 156 valence electrons. The van der Waals surface area contributed by atoms with E-state index < -0.39 is 13.1 Å². The molecule has 0 saturated heterocycles. The smallest absolute Gasteiger partial charge is 0.159 e. The van der Waals surface area contributed by atoms with Crippen LogP contribution in [-0.2, 0) is 16.1 Å². The van der Waals surface area contributed by atoms with Gasteiger partial charge in [0.2, 0.25) is 0 Å². The van der Waals surface area contributed by atoms with Crippen LogP contribution in [0.5, 0.6) is 0 Å². The topological polar surface area (TPSA) is 18.5 Å². The summed E-state index contributed by atoms with van der Waals surface area (Å²) in [7, 11) is -0.433. The van der Waals surface area contributed by atoms with Crippen molar-refractivity contribution in [2.45, 2.75) is 83.2 Å². The predicted octanol–water partition coefficient (Wildman–Crippen LogP) is 7.76. The Morgan fingerprint density at radius 1 is 1.00 bits per heavy atom. The lowest BCUT2D eigenvalue weighted by molar-refractivity contribution is 0.161. The maximum absolute atomic E-state index is 15.8. The maximum atomic E-state index is 15.8. The minimum atomic E-state index is -2.10. The summed E-state index contributed by atoms with van der Waals surface area (Å²) in [5.41, 5.74) is 2.44. The summed E-state index contributed by atoms with van der Waals surface area (Å²) in [6.45, 7) is 16.2. The SMILES string of the molecule is COC1=C(OCc2ccccc2)C=C(F)C(C)([Si](C(C)C)(C(C)C)C(C)C)C1. The molecule has 0 heterocycles. The molecule has 0 amide bonds. The van der Waals surface area contributed by atoms with Crippen LogP contribution in [0.4, 0.5) is 4.39 Å². The van der Waals surface area contributed by atoms with Crippen molar-refractivity contribution in [3.05, 3.63) is 59.3 Å². The van der Waals surface area contributed by atoms with Gasteiger partial charge < -0.3 is 9.47 Å². The number of ether oxygens (including phenoxy) is 2. The Hall–Kier alpha value is -1.55. The zero-order valence-electron chi connectivity index (χ0n) is 18.8. The molecule has 0 aromatic heterocycles. The Labute approximate surface area is 171 Å². The molecule has 1 aliphatic carbocycles. The van der Waals surface area contributed by atoms with Gasteiger partial charge in [0.25, 0.3) is 0 Å². The van der Waals surface area contributed by atoms with Crippen molar-refractivity contribution >= 4 is 8.07 Å². The summed E-state index contributed by atoms with van der Waals surface area (Å²) in [4.78, 5) is 0. The van der Waals surface area contributed by atoms with Crippen LogP contribution < -0.4 is 0 Å². The number of hydrogen-bond donors (Lipinski definition) is 0. The average Bonchev–Trinajstić information content (AvgIpc) is 2.62. The first-order chi connectivity index (χ1) is 13.1. The number of allylic oxidation sites excluding steroid dienone is 3. The fourth-order valence-electron chi connectivity index (χ4n) is 6.15. The van der Waals surface area contributed by atoms with Gasteiger partial charge >= 0.3 is 0 Å². The van der Waals surface area contributed by atoms with Gasteiger partial charge in [-0.05, 0) is 22.2 Å². The molecule has 1 aromatic rings. The summed E-state index contributed by atoms with van der Waals surface area (Å²) in [5.74, 6) is 1.25. The molecule has 0 N–H and O–H groups in total. The first-order valence-corrected chi connectivity index (χ1v) is 12.7. The van der Waals surface area contributed by atoms with E-state index in [4.69, 9.17) is 9.47 Å². The van der Waals surface area contributed by atoms with Crippen LogP contribution in [0.1, 0.15) is 60.5 Å². The zero-order valence-corrected chi connectivity index (χ0v) is 19.8. The van der Waals surface area contributed by atoms with Gasteiger partial charge in [-0.1, -0.05) is 78.8 Å². The third-order valence-corrected chi connectivity index (χ3v) is 14.9. The Bertz CT molecular complexity index is 700. The first-order valence-electron chi connectivity index (χ1n) is 10.4. The number of hydrogen-bond acceptors (Lipinski definition) is 2. The molecule has 1 aromatic carbocycles. The second kappa shape index (κ2) is 8.85. The molecular formula is C24H37FO2Si. The van der Waals surface area contributed by atoms with E-state index in [1.807, 2.05) is 30.3 Å². The van der Waals surface area contributed by atoms with Crippen LogP contribution in [0.15, 0.2) is 53.8 Å². The second-order valence-corrected chi connectivity index (χ2v) is 15.6. The van der Waals surface area contributed by atoms with Crippen molar-refractivity contribution in [3.63, 3.8) is 0 Å². The van der Waals surface area contributed by atoms with E-state index in [0.717, 1.165) is 11.3 Å². The maximum Gasteiger partial charge on any atom is 0.159 e. The van der Waals surface area contributed by atoms with Crippen LogP contribution >= 0.6 is 0 Å². The molecule has 0 radical (unpaired) electrons. The Balaban J connectivity index is 2.43. The van der Waals surface area contributed by atoms with Gasteiger partial charge in [0, 0.05) is 17.5 Å². The van der Waals surface area contributed by atoms with Gasteiger partial charge in [0.1, 0.15) is 18.2 Å². The summed E-state index contributed by atoms with van der Waals surface area (Å²) in [6.07, 6.45) is 2.16. The third-order valence-electron chi connectivity index (χ3n) is 6.88. The molecule has 0 bridgehead atoms. The molecule has 0 saturated carbocycles. The van der Waals surface area contributed by atoms with E-state index in [1.54, 1.807) is 13.2 Å². The van der Waals surface area contributed by atoms with Gasteiger partial charge in [-0.15, -0.1) is 0 Å². The summed E-state index contributed by atoms with van der Waals surface area (Å²) < 4.78 is 27.5. The van der Waals surface area contributed by atoms with E-state index in [0.29, 0.717) is 35.4 Å². The molecule has 1 unspecified atom stereocenters. The lowest BCUT2D eigenvalue weighted by Gasteiger charge is -2.55. The minimum Gasteiger partial charge on any atom is -0.497 e. The molecular weight excluding hydrogens is 367 g/mol. The third kappa shape index (κ3) is 3.80. The van der Waals surface area contributed by atoms with E-state index in [1.165, 1.54) is 0 Å². The molecule has 1 aliphatic rings. The van der Waals surface area contributed by atoms with Gasteiger partial charge in [-0.2, -0.15) is 0 Å². The highest BCUT2D eigenvalue weighted by molar-refractivity contribution is 6.86. The largest absolute Gasteiger partial charge is 0.497 e. The van der Waals surface area contributed by atoms with Crippen molar-refractivity contribution in [2.75, 3.05) is 7.11 Å². The Morgan fingerprint density at radius 3 is 2.00 bits per heavy atom. The lowest BCUT2D eigenvalue weighted by Crippen LogP contribution is -2.55. The minimum absolute atomic E-state index is 0.0425. The summed E-state index contributed by atoms with van der Waals surface area (Å²) in [6, 6.07) is 9.95. The van der Waals surface area contributed by atoms with E-state index in [2.05, 4.69) is 48.5 Å². The van der Waals surface area contributed by atoms with E-state index in [-0.39, 0.29) is 5.83 Å². The molecule has 0 spiro atoms. The van der Waals surface area contributed by atoms with Gasteiger partial charge in [-0.25, -0.2) is 4.39 Å². The molecule has 28 heavy (non-hydrogen) atoms. The molecule has 2 nitrogen and oxygen atoms in total. The quantitative estimate of drug-likeness (QED) is 0.412. The predicted molar refractivity (Wildman–Crippen MR) is 118 cm³/mol. The standard InChI is InChI=1S/C24H37FO2Si/c1-17(2)28(18(3)4,19(5)6)24(7)15-22(26-8)21(14-23(24)25)27-16-20-12-10-9-11-13-20/h9-14,17-19H,15-16H2,1-8H3. The van der Waals surface area contributed by atoms with Crippen LogP contribution in [-0.4, -0.2) is 15.2 Å².